The summed E-state index contributed by atoms with van der Waals surface area (Å²) in [6.45, 7) is 0. The molecule has 0 saturated heterocycles. The van der Waals surface area contributed by atoms with Gasteiger partial charge in [-0.3, -0.25) is 0 Å². The lowest BCUT2D eigenvalue weighted by Crippen LogP contribution is -1.97. The SMILES string of the molecule is O=C(O)c1ccnc(Sc2ncnc3ccccc23)c1. The molecule has 0 radical (unpaired) electrons. The molecular weight excluding hydrogens is 274 g/mol. The Morgan fingerprint density at radius 3 is 2.80 bits per heavy atom. The standard InChI is InChI=1S/C14H9N3O2S/c18-14(19)9-5-6-15-12(7-9)20-13-10-3-1-2-4-11(10)16-8-17-13/h1-8H,(H,18,19). The van der Waals surface area contributed by atoms with Crippen molar-refractivity contribution in [1.29, 1.82) is 0 Å². The second kappa shape index (κ2) is 5.26. The molecule has 0 unspecified atom stereocenters. The summed E-state index contributed by atoms with van der Waals surface area (Å²) in [5.41, 5.74) is 1.06. The van der Waals surface area contributed by atoms with Crippen molar-refractivity contribution < 1.29 is 9.90 Å². The molecule has 98 valence electrons. The molecule has 1 aromatic carbocycles. The van der Waals surface area contributed by atoms with Gasteiger partial charge in [-0.1, -0.05) is 18.2 Å². The van der Waals surface area contributed by atoms with E-state index in [9.17, 15) is 4.79 Å². The largest absolute Gasteiger partial charge is 0.478 e. The summed E-state index contributed by atoms with van der Waals surface area (Å²) < 4.78 is 0. The van der Waals surface area contributed by atoms with Gasteiger partial charge in [0, 0.05) is 11.6 Å². The number of benzene rings is 1. The third-order valence-electron chi connectivity index (χ3n) is 2.69. The molecule has 20 heavy (non-hydrogen) atoms. The third-order valence-corrected chi connectivity index (χ3v) is 3.64. The maximum absolute atomic E-state index is 11.0. The maximum atomic E-state index is 11.0. The van der Waals surface area contributed by atoms with Gasteiger partial charge in [0.05, 0.1) is 11.1 Å². The van der Waals surface area contributed by atoms with E-state index in [4.69, 9.17) is 5.11 Å². The molecule has 6 heteroatoms. The molecule has 0 fully saturated rings. The second-order valence-corrected chi connectivity index (χ2v) is 5.00. The van der Waals surface area contributed by atoms with E-state index >= 15 is 0 Å². The van der Waals surface area contributed by atoms with Crippen molar-refractivity contribution in [3.63, 3.8) is 0 Å². The molecule has 3 rings (SSSR count). The van der Waals surface area contributed by atoms with Gasteiger partial charge in [-0.25, -0.2) is 19.7 Å². The lowest BCUT2D eigenvalue weighted by atomic mass is 10.2. The van der Waals surface area contributed by atoms with Gasteiger partial charge in [-0.15, -0.1) is 0 Å². The third kappa shape index (κ3) is 2.46. The van der Waals surface area contributed by atoms with E-state index < -0.39 is 5.97 Å². The molecule has 5 nitrogen and oxygen atoms in total. The minimum absolute atomic E-state index is 0.209. The van der Waals surface area contributed by atoms with Gasteiger partial charge in [0.2, 0.25) is 0 Å². The van der Waals surface area contributed by atoms with Crippen LogP contribution in [0, 0.1) is 0 Å². The monoisotopic (exact) mass is 283 g/mol. The highest BCUT2D eigenvalue weighted by Gasteiger charge is 2.09. The van der Waals surface area contributed by atoms with E-state index in [0.717, 1.165) is 15.9 Å². The quantitative estimate of drug-likeness (QED) is 0.745. The molecule has 0 aliphatic carbocycles. The number of carbonyl (C=O) groups is 1. The zero-order valence-electron chi connectivity index (χ0n) is 10.2. The number of hydrogen-bond donors (Lipinski definition) is 1. The molecule has 0 aliphatic heterocycles. The Morgan fingerprint density at radius 2 is 1.95 bits per heavy atom. The molecule has 2 heterocycles. The number of carboxylic acid groups (broad SMARTS) is 1. The van der Waals surface area contributed by atoms with Crippen molar-refractivity contribution in [3.05, 3.63) is 54.5 Å². The molecule has 3 aromatic rings. The topological polar surface area (TPSA) is 76.0 Å². The molecule has 0 aliphatic rings. The van der Waals surface area contributed by atoms with Crippen LogP contribution in [0.4, 0.5) is 0 Å². The van der Waals surface area contributed by atoms with Crippen molar-refractivity contribution in [2.45, 2.75) is 10.1 Å². The molecule has 0 spiro atoms. The highest BCUT2D eigenvalue weighted by atomic mass is 32.2. The van der Waals surface area contributed by atoms with E-state index in [0.29, 0.717) is 5.03 Å². The molecule has 0 amide bonds. The number of carboxylic acids is 1. The number of aromatic nitrogens is 3. The predicted octanol–water partition coefficient (Wildman–Crippen LogP) is 2.87. The van der Waals surface area contributed by atoms with Crippen molar-refractivity contribution in [2.75, 3.05) is 0 Å². The lowest BCUT2D eigenvalue weighted by molar-refractivity contribution is 0.0696. The maximum Gasteiger partial charge on any atom is 0.335 e. The average molecular weight is 283 g/mol. The zero-order chi connectivity index (χ0) is 13.9. The summed E-state index contributed by atoms with van der Waals surface area (Å²) >= 11 is 1.32. The zero-order valence-corrected chi connectivity index (χ0v) is 11.0. The van der Waals surface area contributed by atoms with Crippen LogP contribution in [-0.4, -0.2) is 26.0 Å². The minimum atomic E-state index is -0.971. The van der Waals surface area contributed by atoms with Gasteiger partial charge in [-0.05, 0) is 30.0 Å². The van der Waals surface area contributed by atoms with Gasteiger partial charge in [0.15, 0.2) is 0 Å². The van der Waals surface area contributed by atoms with E-state index in [-0.39, 0.29) is 5.56 Å². The van der Waals surface area contributed by atoms with Crippen LogP contribution in [-0.2, 0) is 0 Å². The number of fused-ring (bicyclic) bond motifs is 1. The van der Waals surface area contributed by atoms with Crippen LogP contribution in [0.2, 0.25) is 0 Å². The number of para-hydroxylation sites is 1. The van der Waals surface area contributed by atoms with Gasteiger partial charge >= 0.3 is 5.97 Å². The van der Waals surface area contributed by atoms with E-state index in [1.54, 1.807) is 0 Å². The van der Waals surface area contributed by atoms with E-state index in [1.165, 1.54) is 36.4 Å². The summed E-state index contributed by atoms with van der Waals surface area (Å²) in [6, 6.07) is 10.7. The highest BCUT2D eigenvalue weighted by molar-refractivity contribution is 7.99. The molecule has 0 bridgehead atoms. The second-order valence-electron chi connectivity index (χ2n) is 3.99. The van der Waals surface area contributed by atoms with Gasteiger partial charge in [0.1, 0.15) is 16.4 Å². The smallest absolute Gasteiger partial charge is 0.335 e. The molecule has 2 aromatic heterocycles. The first-order chi connectivity index (χ1) is 9.74. The Labute approximate surface area is 118 Å². The Morgan fingerprint density at radius 1 is 1.10 bits per heavy atom. The van der Waals surface area contributed by atoms with Crippen LogP contribution in [0.15, 0.2) is 59.0 Å². The Kier molecular flexibility index (Phi) is 3.30. The van der Waals surface area contributed by atoms with E-state index in [1.807, 2.05) is 24.3 Å². The summed E-state index contributed by atoms with van der Waals surface area (Å²) in [5.74, 6) is -0.971. The number of aromatic carboxylic acids is 1. The van der Waals surface area contributed by atoms with Crippen LogP contribution >= 0.6 is 11.8 Å². The predicted molar refractivity (Wildman–Crippen MR) is 74.9 cm³/mol. The number of pyridine rings is 1. The van der Waals surface area contributed by atoms with Crippen molar-refractivity contribution in [2.24, 2.45) is 0 Å². The lowest BCUT2D eigenvalue weighted by Gasteiger charge is -2.04. The summed E-state index contributed by atoms with van der Waals surface area (Å²) in [7, 11) is 0. The highest BCUT2D eigenvalue weighted by Crippen LogP contribution is 2.29. The first kappa shape index (κ1) is 12.6. The average Bonchev–Trinajstić information content (AvgIpc) is 2.48. The van der Waals surface area contributed by atoms with Crippen LogP contribution in [0.5, 0.6) is 0 Å². The van der Waals surface area contributed by atoms with Gasteiger partial charge in [-0.2, -0.15) is 0 Å². The molecular formula is C14H9N3O2S. The Bertz CT molecular complexity index is 787. The van der Waals surface area contributed by atoms with Crippen LogP contribution < -0.4 is 0 Å². The van der Waals surface area contributed by atoms with Crippen LogP contribution in [0.3, 0.4) is 0 Å². The van der Waals surface area contributed by atoms with Gasteiger partial charge < -0.3 is 5.11 Å². The fourth-order valence-electron chi connectivity index (χ4n) is 1.76. The van der Waals surface area contributed by atoms with Gasteiger partial charge in [0.25, 0.3) is 0 Å². The molecule has 0 atom stereocenters. The molecule has 1 N–H and O–H groups in total. The summed E-state index contributed by atoms with van der Waals surface area (Å²) in [6.07, 6.45) is 2.97. The van der Waals surface area contributed by atoms with Crippen LogP contribution in [0.25, 0.3) is 10.9 Å². The fraction of sp³-hybridized carbons (Fsp3) is 0. The van der Waals surface area contributed by atoms with Crippen molar-refractivity contribution >= 4 is 28.6 Å². The number of rotatable bonds is 3. The summed E-state index contributed by atoms with van der Waals surface area (Å²) in [5, 5.41) is 11.3. The minimum Gasteiger partial charge on any atom is -0.478 e. The van der Waals surface area contributed by atoms with Crippen molar-refractivity contribution in [3.8, 4) is 0 Å². The normalized spacial score (nSPS) is 10.6. The van der Waals surface area contributed by atoms with Crippen LogP contribution in [0.1, 0.15) is 10.4 Å². The first-order valence-corrected chi connectivity index (χ1v) is 6.62. The number of hydrogen-bond acceptors (Lipinski definition) is 5. The number of nitrogens with zero attached hydrogens (tertiary/aromatic N) is 3. The Balaban J connectivity index is 2.01. The molecule has 0 saturated carbocycles. The summed E-state index contributed by atoms with van der Waals surface area (Å²) in [4.78, 5) is 23.5. The Hall–Kier alpha value is -2.47. The van der Waals surface area contributed by atoms with E-state index in [2.05, 4.69) is 15.0 Å². The van der Waals surface area contributed by atoms with Crippen molar-refractivity contribution in [1.82, 2.24) is 15.0 Å². The fourth-order valence-corrected chi connectivity index (χ4v) is 2.64. The first-order valence-electron chi connectivity index (χ1n) is 5.81.